The van der Waals surface area contributed by atoms with Crippen molar-refractivity contribution in [3.63, 3.8) is 0 Å². The van der Waals surface area contributed by atoms with Gasteiger partial charge in [-0.25, -0.2) is 9.78 Å². The monoisotopic (exact) mass is 391 g/mol. The molecule has 0 atom stereocenters. The average molecular weight is 391 g/mol. The molecule has 29 heavy (non-hydrogen) atoms. The van der Waals surface area contributed by atoms with Crippen molar-refractivity contribution in [1.82, 2.24) is 19.5 Å². The zero-order valence-corrected chi connectivity index (χ0v) is 16.3. The second-order valence-corrected chi connectivity index (χ2v) is 6.81. The van der Waals surface area contributed by atoms with Gasteiger partial charge in [-0.15, -0.1) is 0 Å². The molecule has 0 saturated carbocycles. The molecule has 148 valence electrons. The third kappa shape index (κ3) is 2.71. The van der Waals surface area contributed by atoms with Crippen LogP contribution in [0.25, 0.3) is 27.8 Å². The minimum Gasteiger partial charge on any atom is -0.491 e. The third-order valence-corrected chi connectivity index (χ3v) is 5.20. The highest BCUT2D eigenvalue weighted by molar-refractivity contribution is 5.96. The summed E-state index contributed by atoms with van der Waals surface area (Å²) in [4.78, 5) is 26.7. The van der Waals surface area contributed by atoms with Gasteiger partial charge in [-0.2, -0.15) is 0 Å². The van der Waals surface area contributed by atoms with E-state index in [2.05, 4.69) is 26.8 Å². The minimum absolute atomic E-state index is 0.264. The van der Waals surface area contributed by atoms with Gasteiger partial charge in [0.1, 0.15) is 17.9 Å². The van der Waals surface area contributed by atoms with Crippen LogP contribution in [0.15, 0.2) is 41.5 Å². The molecule has 4 aromatic rings. The molecule has 1 aliphatic rings. The number of fused-ring (bicyclic) bond motifs is 4. The summed E-state index contributed by atoms with van der Waals surface area (Å²) in [6.45, 7) is 6.85. The Bertz CT molecular complexity index is 1280. The van der Waals surface area contributed by atoms with Gasteiger partial charge in [-0.05, 0) is 32.0 Å². The first-order chi connectivity index (χ1) is 14.2. The number of ether oxygens (including phenoxy) is 2. The fourth-order valence-corrected chi connectivity index (χ4v) is 3.93. The first kappa shape index (κ1) is 17.5. The summed E-state index contributed by atoms with van der Waals surface area (Å²) in [7, 11) is 0. The molecule has 8 heteroatoms. The SMILES string of the molecule is CCOc1ccnc2[nH]c(=O)n(-c3ccc4ncc5c(c4c3)N(CC)CCO5)c12. The highest BCUT2D eigenvalue weighted by Crippen LogP contribution is 2.38. The molecular weight excluding hydrogens is 370 g/mol. The topological polar surface area (TPSA) is 85.3 Å². The van der Waals surface area contributed by atoms with E-state index < -0.39 is 0 Å². The van der Waals surface area contributed by atoms with E-state index in [-0.39, 0.29) is 5.69 Å². The smallest absolute Gasteiger partial charge is 0.332 e. The van der Waals surface area contributed by atoms with Crippen molar-refractivity contribution in [2.24, 2.45) is 0 Å². The molecule has 1 aliphatic heterocycles. The fourth-order valence-electron chi connectivity index (χ4n) is 3.93. The van der Waals surface area contributed by atoms with Crippen molar-refractivity contribution in [1.29, 1.82) is 0 Å². The van der Waals surface area contributed by atoms with Gasteiger partial charge in [0.2, 0.25) is 0 Å². The molecule has 0 spiro atoms. The normalized spacial score (nSPS) is 13.5. The number of anilines is 1. The molecule has 4 heterocycles. The van der Waals surface area contributed by atoms with E-state index in [0.717, 1.165) is 41.1 Å². The van der Waals surface area contributed by atoms with Crippen LogP contribution in [-0.2, 0) is 0 Å². The zero-order valence-electron chi connectivity index (χ0n) is 16.3. The Kier molecular flexibility index (Phi) is 4.12. The van der Waals surface area contributed by atoms with Crippen LogP contribution in [0.5, 0.6) is 11.5 Å². The molecule has 1 aromatic carbocycles. The number of pyridine rings is 2. The Morgan fingerprint density at radius 3 is 2.97 bits per heavy atom. The van der Waals surface area contributed by atoms with Crippen LogP contribution in [0.4, 0.5) is 5.69 Å². The van der Waals surface area contributed by atoms with E-state index in [1.807, 2.05) is 25.1 Å². The van der Waals surface area contributed by atoms with Crippen LogP contribution in [0.1, 0.15) is 13.8 Å². The lowest BCUT2D eigenvalue weighted by Crippen LogP contribution is -2.32. The Labute approximate surface area is 166 Å². The van der Waals surface area contributed by atoms with Crippen molar-refractivity contribution in [2.75, 3.05) is 31.2 Å². The molecule has 0 saturated heterocycles. The second kappa shape index (κ2) is 6.80. The highest BCUT2D eigenvalue weighted by Gasteiger charge is 2.22. The number of aromatic nitrogens is 4. The summed E-state index contributed by atoms with van der Waals surface area (Å²) in [5.41, 5.74) is 3.45. The number of likely N-dealkylation sites (N-methyl/N-ethyl adjacent to an activating group) is 1. The fraction of sp³-hybridized carbons (Fsp3) is 0.286. The standard InChI is InChI=1S/C21H21N5O3/c1-3-25-9-10-29-17-12-23-15-6-5-13(11-14(15)18(17)25)26-19-16(28-4-2)7-8-22-20(19)24-21(26)27/h5-8,11-12H,3-4,9-10H2,1-2H3,(H,22,24,27). The third-order valence-electron chi connectivity index (χ3n) is 5.20. The predicted molar refractivity (Wildman–Crippen MR) is 112 cm³/mol. The summed E-state index contributed by atoms with van der Waals surface area (Å²) in [6, 6.07) is 7.57. The summed E-state index contributed by atoms with van der Waals surface area (Å²) >= 11 is 0. The molecular formula is C21H21N5O3. The first-order valence-electron chi connectivity index (χ1n) is 9.74. The zero-order chi connectivity index (χ0) is 20.0. The van der Waals surface area contributed by atoms with Crippen LogP contribution in [0, 0.1) is 0 Å². The van der Waals surface area contributed by atoms with Gasteiger partial charge in [0.05, 0.1) is 36.2 Å². The van der Waals surface area contributed by atoms with Crippen molar-refractivity contribution in [2.45, 2.75) is 13.8 Å². The van der Waals surface area contributed by atoms with Gasteiger partial charge in [0, 0.05) is 24.2 Å². The maximum absolute atomic E-state index is 12.8. The number of imidazole rings is 1. The van der Waals surface area contributed by atoms with Crippen LogP contribution in [0.3, 0.4) is 0 Å². The molecule has 0 amide bonds. The first-order valence-corrected chi connectivity index (χ1v) is 9.74. The molecule has 0 bridgehead atoms. The molecule has 0 aliphatic carbocycles. The number of benzene rings is 1. The van der Waals surface area contributed by atoms with E-state index in [4.69, 9.17) is 9.47 Å². The molecule has 0 unspecified atom stereocenters. The summed E-state index contributed by atoms with van der Waals surface area (Å²) < 4.78 is 13.2. The van der Waals surface area contributed by atoms with Gasteiger partial charge < -0.3 is 14.4 Å². The van der Waals surface area contributed by atoms with Crippen molar-refractivity contribution in [3.8, 4) is 17.2 Å². The summed E-state index contributed by atoms with van der Waals surface area (Å²) in [5, 5.41) is 0.949. The maximum Gasteiger partial charge on any atom is 0.332 e. The van der Waals surface area contributed by atoms with E-state index in [1.54, 1.807) is 23.0 Å². The van der Waals surface area contributed by atoms with E-state index in [0.29, 0.717) is 30.1 Å². The Morgan fingerprint density at radius 2 is 2.14 bits per heavy atom. The molecule has 8 nitrogen and oxygen atoms in total. The summed E-state index contributed by atoms with van der Waals surface area (Å²) in [5.74, 6) is 1.38. The largest absolute Gasteiger partial charge is 0.491 e. The van der Waals surface area contributed by atoms with Crippen LogP contribution >= 0.6 is 0 Å². The lowest BCUT2D eigenvalue weighted by Gasteiger charge is -2.31. The number of nitrogens with zero attached hydrogens (tertiary/aromatic N) is 4. The van der Waals surface area contributed by atoms with Crippen LogP contribution in [0.2, 0.25) is 0 Å². The average Bonchev–Trinajstić information content (AvgIpc) is 3.09. The van der Waals surface area contributed by atoms with Gasteiger partial charge in [-0.1, -0.05) is 0 Å². The Morgan fingerprint density at radius 1 is 1.24 bits per heavy atom. The van der Waals surface area contributed by atoms with Crippen molar-refractivity contribution < 1.29 is 9.47 Å². The number of hydrogen-bond acceptors (Lipinski definition) is 6. The second-order valence-electron chi connectivity index (χ2n) is 6.81. The molecule has 3 aromatic heterocycles. The van der Waals surface area contributed by atoms with E-state index in [1.165, 1.54) is 0 Å². The van der Waals surface area contributed by atoms with Gasteiger partial charge in [-0.3, -0.25) is 14.5 Å². The summed E-state index contributed by atoms with van der Waals surface area (Å²) in [6.07, 6.45) is 3.40. The van der Waals surface area contributed by atoms with E-state index in [9.17, 15) is 4.79 Å². The van der Waals surface area contributed by atoms with Crippen LogP contribution < -0.4 is 20.1 Å². The molecule has 5 rings (SSSR count). The lowest BCUT2D eigenvalue weighted by molar-refractivity contribution is 0.308. The number of hydrogen-bond donors (Lipinski definition) is 1. The highest BCUT2D eigenvalue weighted by atomic mass is 16.5. The van der Waals surface area contributed by atoms with Gasteiger partial charge in [0.15, 0.2) is 11.4 Å². The number of nitrogens with one attached hydrogen (secondary N) is 1. The number of H-pyrrole nitrogens is 1. The minimum atomic E-state index is -0.264. The van der Waals surface area contributed by atoms with Crippen LogP contribution in [-0.4, -0.2) is 45.8 Å². The number of aromatic amines is 1. The maximum atomic E-state index is 12.8. The molecule has 1 N–H and O–H groups in total. The van der Waals surface area contributed by atoms with E-state index >= 15 is 0 Å². The van der Waals surface area contributed by atoms with Crippen molar-refractivity contribution in [3.05, 3.63) is 47.1 Å². The lowest BCUT2D eigenvalue weighted by atomic mass is 10.1. The van der Waals surface area contributed by atoms with Gasteiger partial charge >= 0.3 is 5.69 Å². The molecule has 0 fully saturated rings. The molecule has 0 radical (unpaired) electrons. The predicted octanol–water partition coefficient (Wildman–Crippen LogP) is 2.88. The quantitative estimate of drug-likeness (QED) is 0.576. The number of rotatable bonds is 4. The Balaban J connectivity index is 1.79. The van der Waals surface area contributed by atoms with Gasteiger partial charge in [0.25, 0.3) is 0 Å². The van der Waals surface area contributed by atoms with Crippen molar-refractivity contribution >= 4 is 27.8 Å². The Hall–Kier alpha value is -3.55.